The van der Waals surface area contributed by atoms with Gasteiger partial charge < -0.3 is 39.5 Å². The smallest absolute Gasteiger partial charge is 0.462 e. The Balaban J connectivity index is 2.58. The van der Waals surface area contributed by atoms with Crippen LogP contribution in [0.2, 0.25) is 0 Å². The summed E-state index contributed by atoms with van der Waals surface area (Å²) in [6.07, 6.45) is 27.5. The van der Waals surface area contributed by atoms with Gasteiger partial charge in [0.15, 0.2) is 6.10 Å². The maximum atomic E-state index is 12.7. The predicted octanol–water partition coefficient (Wildman–Crippen LogP) is 8.04. The molecule has 1 aliphatic carbocycles. The van der Waals surface area contributed by atoms with E-state index in [1.54, 1.807) is 12.2 Å². The number of carbonyl (C=O) groups is 3. The number of aliphatic hydroxyl groups excluding tert-OH is 3. The van der Waals surface area contributed by atoms with E-state index >= 15 is 0 Å². The van der Waals surface area contributed by atoms with E-state index in [0.29, 0.717) is 32.1 Å². The molecule has 0 radical (unpaired) electrons. The molecule has 1 saturated carbocycles. The zero-order chi connectivity index (χ0) is 46.1. The Morgan fingerprint density at radius 2 is 1.29 bits per heavy atom. The topological polar surface area (TPSA) is 253 Å². The number of phosphoric acid groups is 2. The summed E-state index contributed by atoms with van der Waals surface area (Å²) in [5, 5.41) is 30.4. The molecule has 1 fully saturated rings. The second-order valence-corrected chi connectivity index (χ2v) is 18.4. The second kappa shape index (κ2) is 35.0. The summed E-state index contributed by atoms with van der Waals surface area (Å²) in [6.45, 7) is 1.30. The summed E-state index contributed by atoms with van der Waals surface area (Å²) in [7, 11) is -9.78. The number of hydrogen-bond donors (Lipinski definition) is 6. The second-order valence-electron chi connectivity index (χ2n) is 15.7. The van der Waals surface area contributed by atoms with Crippen LogP contribution in [0.5, 0.6) is 0 Å². The summed E-state index contributed by atoms with van der Waals surface area (Å²) < 4.78 is 47.7. The third-order valence-corrected chi connectivity index (χ3v) is 11.5. The molecule has 1 unspecified atom stereocenters. The van der Waals surface area contributed by atoms with Gasteiger partial charge >= 0.3 is 27.6 Å². The van der Waals surface area contributed by atoms with Gasteiger partial charge in [-0.05, 0) is 64.2 Å². The monoisotopic (exact) mass is 922 g/mol. The lowest BCUT2D eigenvalue weighted by molar-refractivity contribution is -0.161. The van der Waals surface area contributed by atoms with E-state index in [9.17, 15) is 43.7 Å². The minimum atomic E-state index is -4.90. The third-order valence-electron chi connectivity index (χ3n) is 10.0. The van der Waals surface area contributed by atoms with E-state index in [0.717, 1.165) is 64.2 Å². The summed E-state index contributed by atoms with van der Waals surface area (Å²) in [5.74, 6) is -2.09. The lowest BCUT2D eigenvalue weighted by atomic mass is 9.90. The van der Waals surface area contributed by atoms with E-state index in [4.69, 9.17) is 23.8 Å². The first kappa shape index (κ1) is 57.7. The number of carbonyl (C=O) groups excluding carboxylic acids is 3. The molecule has 0 aromatic heterocycles. The fourth-order valence-electron chi connectivity index (χ4n) is 6.53. The van der Waals surface area contributed by atoms with Gasteiger partial charge in [-0.2, -0.15) is 0 Å². The Hall–Kier alpha value is -2.33. The van der Waals surface area contributed by atoms with Gasteiger partial charge in [0, 0.05) is 31.1 Å². The zero-order valence-corrected chi connectivity index (χ0v) is 38.7. The van der Waals surface area contributed by atoms with Crippen LogP contribution < -0.4 is 0 Å². The first-order valence-electron chi connectivity index (χ1n) is 22.4. The molecule has 0 saturated heterocycles. The van der Waals surface area contributed by atoms with Crippen LogP contribution in [0, 0.1) is 11.8 Å². The summed E-state index contributed by atoms with van der Waals surface area (Å²) in [5.41, 5.74) is 0. The van der Waals surface area contributed by atoms with E-state index in [-0.39, 0.29) is 31.0 Å². The average molecular weight is 923 g/mol. The van der Waals surface area contributed by atoms with Crippen LogP contribution in [0.1, 0.15) is 149 Å². The molecule has 0 spiro atoms. The number of Topliss-reactive ketones (excluding diaryl/α,β-unsaturated/α-hetero) is 1. The minimum Gasteiger partial charge on any atom is -0.462 e. The number of phosphoric ester groups is 2. The molecule has 358 valence electrons. The van der Waals surface area contributed by atoms with Gasteiger partial charge in [0.25, 0.3) is 0 Å². The van der Waals surface area contributed by atoms with Crippen LogP contribution in [0.15, 0.2) is 48.6 Å². The molecule has 18 heteroatoms. The number of hydrogen-bond acceptors (Lipinski definition) is 13. The molecule has 0 aliphatic heterocycles. The molecule has 0 amide bonds. The zero-order valence-electron chi connectivity index (χ0n) is 36.9. The van der Waals surface area contributed by atoms with E-state index in [2.05, 4.69) is 47.2 Å². The standard InChI is InChI=1S/C44H76O16P2/c1-3-5-7-8-9-10-11-12-13-14-15-16-17-18-24-28-44(50)60-38(35-59-62(54,55)58-33-37(46)32-57-61(51,52)53)34-56-43(49)27-23-20-19-22-26-39-40(42(48)31-41(39)47)30-29-36(45)25-21-6-4-2/h9-10,12-13,19,22,29-30,36-40,42,45-46,48H,3-8,11,14-18,20-21,23-28,31-35H2,1-2H3,(H,54,55)(H2,51,52,53)/b10-9-,13-12-,22-19-,30-29+/t36-,37-,38+,39+,40+,42+/m0/s1. The predicted molar refractivity (Wildman–Crippen MR) is 235 cm³/mol. The minimum absolute atomic E-state index is 0.00361. The first-order chi connectivity index (χ1) is 29.6. The average Bonchev–Trinajstić information content (AvgIpc) is 3.49. The van der Waals surface area contributed by atoms with Crippen molar-refractivity contribution in [1.29, 1.82) is 0 Å². The SMILES string of the molecule is CCCCC/C=C\C/C=C\CCCCCCCC(=O)O[C@H](COC(=O)CCC/C=C\C[C@H]1C(=O)C[C@@H](O)[C@@H]1/C=C/[C@@H](O)CCCCC)COP(=O)(O)OC[C@@H](O)COP(=O)(O)O. The van der Waals surface area contributed by atoms with E-state index in [1.807, 2.05) is 12.2 Å². The maximum Gasteiger partial charge on any atom is 0.472 e. The molecule has 16 nitrogen and oxygen atoms in total. The summed E-state index contributed by atoms with van der Waals surface area (Å²) >= 11 is 0. The molecule has 62 heavy (non-hydrogen) atoms. The van der Waals surface area contributed by atoms with Crippen molar-refractivity contribution in [1.82, 2.24) is 0 Å². The molecule has 0 aromatic rings. The fraction of sp³-hybridized carbons (Fsp3) is 0.750. The van der Waals surface area contributed by atoms with Crippen LogP contribution >= 0.6 is 15.6 Å². The van der Waals surface area contributed by atoms with Gasteiger partial charge in [0.2, 0.25) is 0 Å². The van der Waals surface area contributed by atoms with Crippen LogP contribution in [-0.4, -0.2) is 98.6 Å². The fourth-order valence-corrected chi connectivity index (χ4v) is 7.69. The number of aliphatic hydroxyl groups is 3. The molecule has 0 bridgehead atoms. The third kappa shape index (κ3) is 31.5. The van der Waals surface area contributed by atoms with Crippen LogP contribution in [-0.2, 0) is 46.6 Å². The normalized spacial score (nSPS) is 19.8. The number of allylic oxidation sites excluding steroid dienone is 6. The lowest BCUT2D eigenvalue weighted by Crippen LogP contribution is -2.30. The summed E-state index contributed by atoms with van der Waals surface area (Å²) in [4.78, 5) is 65.5. The van der Waals surface area contributed by atoms with E-state index in [1.165, 1.54) is 19.3 Å². The molecular weight excluding hydrogens is 846 g/mol. The van der Waals surface area contributed by atoms with Gasteiger partial charge in [-0.3, -0.25) is 28.0 Å². The number of ketones is 1. The largest absolute Gasteiger partial charge is 0.472 e. The maximum absolute atomic E-state index is 12.7. The highest BCUT2D eigenvalue weighted by Crippen LogP contribution is 2.44. The van der Waals surface area contributed by atoms with Gasteiger partial charge in [0.05, 0.1) is 32.0 Å². The Labute approximate surface area is 369 Å². The lowest BCUT2D eigenvalue weighted by Gasteiger charge is -2.20. The van der Waals surface area contributed by atoms with Crippen molar-refractivity contribution in [3.63, 3.8) is 0 Å². The first-order valence-corrected chi connectivity index (χ1v) is 25.5. The Morgan fingerprint density at radius 1 is 0.710 bits per heavy atom. The van der Waals surface area contributed by atoms with Crippen LogP contribution in [0.4, 0.5) is 0 Å². The molecular formula is C44H76O16P2. The highest BCUT2D eigenvalue weighted by Gasteiger charge is 2.39. The molecule has 0 heterocycles. The highest BCUT2D eigenvalue weighted by molar-refractivity contribution is 7.47. The van der Waals surface area contributed by atoms with Crippen LogP contribution in [0.3, 0.4) is 0 Å². The van der Waals surface area contributed by atoms with Gasteiger partial charge in [-0.25, -0.2) is 9.13 Å². The number of rotatable bonds is 38. The summed E-state index contributed by atoms with van der Waals surface area (Å²) in [6, 6.07) is 0. The number of unbranched alkanes of at least 4 members (excludes halogenated alkanes) is 11. The van der Waals surface area contributed by atoms with Gasteiger partial charge in [-0.1, -0.05) is 114 Å². The molecule has 1 rings (SSSR count). The Morgan fingerprint density at radius 3 is 1.98 bits per heavy atom. The highest BCUT2D eigenvalue weighted by atomic mass is 31.2. The van der Waals surface area contributed by atoms with E-state index < -0.39 is 84.3 Å². The van der Waals surface area contributed by atoms with Gasteiger partial charge in [-0.15, -0.1) is 0 Å². The number of ether oxygens (including phenoxy) is 2. The molecule has 1 aliphatic rings. The van der Waals surface area contributed by atoms with Crippen LogP contribution in [0.25, 0.3) is 0 Å². The van der Waals surface area contributed by atoms with Gasteiger partial charge in [0.1, 0.15) is 18.5 Å². The quantitative estimate of drug-likeness (QED) is 0.0148. The molecule has 0 aromatic carbocycles. The Bertz CT molecular complexity index is 1440. The van der Waals surface area contributed by atoms with Crippen molar-refractivity contribution < 1.29 is 76.6 Å². The van der Waals surface area contributed by atoms with Crippen molar-refractivity contribution in [2.45, 2.75) is 173 Å². The van der Waals surface area contributed by atoms with Crippen molar-refractivity contribution in [3.8, 4) is 0 Å². The number of esters is 2. The Kier molecular flexibility index (Phi) is 32.6. The van der Waals surface area contributed by atoms with Crippen molar-refractivity contribution >= 4 is 33.4 Å². The molecule has 6 N–H and O–H groups in total. The van der Waals surface area contributed by atoms with Crippen molar-refractivity contribution in [2.75, 3.05) is 26.4 Å². The molecule has 7 atom stereocenters. The van der Waals surface area contributed by atoms with Crippen molar-refractivity contribution in [3.05, 3.63) is 48.6 Å². The van der Waals surface area contributed by atoms with Crippen molar-refractivity contribution in [2.24, 2.45) is 11.8 Å².